The molecule has 0 saturated carbocycles. The third kappa shape index (κ3) is 3.90. The second kappa shape index (κ2) is 7.69. The van der Waals surface area contributed by atoms with Crippen LogP contribution in [0.15, 0.2) is 42.5 Å². The standard InChI is InChI=1S/C21H21N3O3S/c1-13-3-8-16-18(11-13)28-20(23-16)14-4-6-15(7-5-14)22-19(25)12-17-21(26)27-10-9-24(17)2/h3-8,11,17H,9-10,12H2,1-2H3,(H,22,25). The summed E-state index contributed by atoms with van der Waals surface area (Å²) in [5.41, 5.74) is 3.91. The van der Waals surface area contributed by atoms with Gasteiger partial charge in [0.05, 0.1) is 16.6 Å². The molecule has 0 bridgehead atoms. The lowest BCUT2D eigenvalue weighted by atomic mass is 10.1. The number of cyclic esters (lactones) is 1. The van der Waals surface area contributed by atoms with Crippen molar-refractivity contribution in [3.8, 4) is 10.6 Å². The monoisotopic (exact) mass is 395 g/mol. The summed E-state index contributed by atoms with van der Waals surface area (Å²) in [6.45, 7) is 3.08. The molecule has 144 valence electrons. The molecule has 0 spiro atoms. The molecule has 2 heterocycles. The van der Waals surface area contributed by atoms with E-state index in [2.05, 4.69) is 29.4 Å². The second-order valence-electron chi connectivity index (χ2n) is 6.98. The van der Waals surface area contributed by atoms with Gasteiger partial charge < -0.3 is 10.1 Å². The van der Waals surface area contributed by atoms with Gasteiger partial charge >= 0.3 is 5.97 Å². The van der Waals surface area contributed by atoms with E-state index in [4.69, 9.17) is 4.74 Å². The van der Waals surface area contributed by atoms with Gasteiger partial charge in [0.15, 0.2) is 0 Å². The number of amides is 1. The predicted molar refractivity (Wildman–Crippen MR) is 110 cm³/mol. The lowest BCUT2D eigenvalue weighted by Crippen LogP contribution is -2.48. The van der Waals surface area contributed by atoms with Gasteiger partial charge in [0.25, 0.3) is 0 Å². The Morgan fingerprint density at radius 1 is 1.29 bits per heavy atom. The van der Waals surface area contributed by atoms with Gasteiger partial charge in [-0.05, 0) is 55.9 Å². The van der Waals surface area contributed by atoms with Gasteiger partial charge in [-0.3, -0.25) is 14.5 Å². The number of aryl methyl sites for hydroxylation is 1. The van der Waals surface area contributed by atoms with Crippen molar-refractivity contribution in [2.45, 2.75) is 19.4 Å². The molecule has 1 aliphatic rings. The number of fused-ring (bicyclic) bond motifs is 1. The van der Waals surface area contributed by atoms with Gasteiger partial charge in [-0.15, -0.1) is 11.3 Å². The van der Waals surface area contributed by atoms with Crippen LogP contribution in [0.5, 0.6) is 0 Å². The number of morpholine rings is 1. The highest BCUT2D eigenvalue weighted by Crippen LogP contribution is 2.31. The Balaban J connectivity index is 1.44. The number of aromatic nitrogens is 1. The van der Waals surface area contributed by atoms with Crippen molar-refractivity contribution in [2.75, 3.05) is 25.5 Å². The summed E-state index contributed by atoms with van der Waals surface area (Å²) < 4.78 is 6.21. The van der Waals surface area contributed by atoms with E-state index in [0.29, 0.717) is 18.8 Å². The van der Waals surface area contributed by atoms with Crippen LogP contribution >= 0.6 is 11.3 Å². The molecule has 1 N–H and O–H groups in total. The molecule has 7 heteroatoms. The Kier molecular flexibility index (Phi) is 5.11. The fourth-order valence-corrected chi connectivity index (χ4v) is 4.27. The van der Waals surface area contributed by atoms with Crippen molar-refractivity contribution in [2.24, 2.45) is 0 Å². The van der Waals surface area contributed by atoms with Crippen molar-refractivity contribution in [1.82, 2.24) is 9.88 Å². The lowest BCUT2D eigenvalue weighted by Gasteiger charge is -2.30. The number of anilines is 1. The van der Waals surface area contributed by atoms with Gasteiger partial charge in [0, 0.05) is 17.8 Å². The molecule has 28 heavy (non-hydrogen) atoms. The topological polar surface area (TPSA) is 71.5 Å². The average molecular weight is 395 g/mol. The molecule has 1 aliphatic heterocycles. The number of rotatable bonds is 4. The third-order valence-electron chi connectivity index (χ3n) is 4.83. The molecule has 1 unspecified atom stereocenters. The Bertz CT molecular complexity index is 1030. The minimum atomic E-state index is -0.528. The highest BCUT2D eigenvalue weighted by molar-refractivity contribution is 7.21. The Hall–Kier alpha value is -2.77. The van der Waals surface area contributed by atoms with Gasteiger partial charge in [-0.25, -0.2) is 4.98 Å². The number of hydrogen-bond donors (Lipinski definition) is 1. The number of thiazole rings is 1. The van der Waals surface area contributed by atoms with E-state index >= 15 is 0 Å². The second-order valence-corrected chi connectivity index (χ2v) is 8.01. The highest BCUT2D eigenvalue weighted by atomic mass is 32.1. The van der Waals surface area contributed by atoms with Crippen LogP contribution in [0.25, 0.3) is 20.8 Å². The van der Waals surface area contributed by atoms with E-state index in [-0.39, 0.29) is 18.3 Å². The zero-order chi connectivity index (χ0) is 19.7. The fourth-order valence-electron chi connectivity index (χ4n) is 3.20. The minimum absolute atomic E-state index is 0.0777. The van der Waals surface area contributed by atoms with Gasteiger partial charge in [0.1, 0.15) is 17.7 Å². The number of ether oxygens (including phenoxy) is 1. The molecule has 0 aliphatic carbocycles. The number of esters is 1. The number of benzene rings is 2. The van der Waals surface area contributed by atoms with Crippen LogP contribution in [0.4, 0.5) is 5.69 Å². The number of nitrogens with zero attached hydrogens (tertiary/aromatic N) is 2. The molecule has 1 fully saturated rings. The van der Waals surface area contributed by atoms with Crippen molar-refractivity contribution in [3.63, 3.8) is 0 Å². The minimum Gasteiger partial charge on any atom is -0.463 e. The first kappa shape index (κ1) is 18.6. The summed E-state index contributed by atoms with van der Waals surface area (Å²) in [5.74, 6) is -0.552. The summed E-state index contributed by atoms with van der Waals surface area (Å²) >= 11 is 1.65. The first-order valence-corrected chi connectivity index (χ1v) is 9.95. The summed E-state index contributed by atoms with van der Waals surface area (Å²) in [5, 5.41) is 3.80. The molecule has 3 aromatic rings. The number of nitrogens with one attached hydrogen (secondary N) is 1. The summed E-state index contributed by atoms with van der Waals surface area (Å²) in [4.78, 5) is 30.7. The number of hydrogen-bond acceptors (Lipinski definition) is 6. The summed E-state index contributed by atoms with van der Waals surface area (Å²) in [6.07, 6.45) is 0.0777. The largest absolute Gasteiger partial charge is 0.463 e. The zero-order valence-corrected chi connectivity index (χ0v) is 16.6. The Morgan fingerprint density at radius 2 is 2.07 bits per heavy atom. The average Bonchev–Trinajstić information content (AvgIpc) is 3.08. The Labute approximate surface area is 167 Å². The molecule has 1 saturated heterocycles. The molecular weight excluding hydrogens is 374 g/mol. The number of carbonyl (C=O) groups excluding carboxylic acids is 2. The molecule has 2 aromatic carbocycles. The SMILES string of the molecule is Cc1ccc2nc(-c3ccc(NC(=O)CC4C(=O)OCCN4C)cc3)sc2c1. The number of carbonyl (C=O) groups is 2. The third-order valence-corrected chi connectivity index (χ3v) is 5.90. The lowest BCUT2D eigenvalue weighted by molar-refractivity contribution is -0.157. The molecule has 1 atom stereocenters. The molecule has 1 amide bonds. The van der Waals surface area contributed by atoms with E-state index in [1.54, 1.807) is 11.3 Å². The first-order chi connectivity index (χ1) is 13.5. The smallest absolute Gasteiger partial charge is 0.323 e. The van der Waals surface area contributed by atoms with Crippen LogP contribution in [0, 0.1) is 6.92 Å². The maximum Gasteiger partial charge on any atom is 0.323 e. The van der Waals surface area contributed by atoms with Crippen LogP contribution in [0.2, 0.25) is 0 Å². The first-order valence-electron chi connectivity index (χ1n) is 9.14. The summed E-state index contributed by atoms with van der Waals surface area (Å²) in [7, 11) is 1.83. The van der Waals surface area contributed by atoms with Gasteiger partial charge in [0.2, 0.25) is 5.91 Å². The van der Waals surface area contributed by atoms with Crippen molar-refractivity contribution in [1.29, 1.82) is 0 Å². The van der Waals surface area contributed by atoms with E-state index < -0.39 is 6.04 Å². The molecular formula is C21H21N3O3S. The zero-order valence-electron chi connectivity index (χ0n) is 15.8. The van der Waals surface area contributed by atoms with Crippen LogP contribution in [-0.4, -0.2) is 48.0 Å². The van der Waals surface area contributed by atoms with Gasteiger partial charge in [-0.2, -0.15) is 0 Å². The van der Waals surface area contributed by atoms with Crippen molar-refractivity contribution >= 4 is 39.1 Å². The predicted octanol–water partition coefficient (Wildman–Crippen LogP) is 3.46. The van der Waals surface area contributed by atoms with Crippen LogP contribution in [0.1, 0.15) is 12.0 Å². The molecule has 6 nitrogen and oxygen atoms in total. The van der Waals surface area contributed by atoms with Gasteiger partial charge in [-0.1, -0.05) is 6.07 Å². The summed E-state index contributed by atoms with van der Waals surface area (Å²) in [6, 6.07) is 13.3. The highest BCUT2D eigenvalue weighted by Gasteiger charge is 2.30. The van der Waals surface area contributed by atoms with Crippen LogP contribution in [-0.2, 0) is 14.3 Å². The van der Waals surface area contributed by atoms with E-state index in [9.17, 15) is 9.59 Å². The normalized spacial score (nSPS) is 17.5. The maximum absolute atomic E-state index is 12.3. The van der Waals surface area contributed by atoms with E-state index in [1.807, 2.05) is 42.3 Å². The molecule has 1 aromatic heterocycles. The quantitative estimate of drug-likeness (QED) is 0.685. The fraction of sp³-hybridized carbons (Fsp3) is 0.286. The van der Waals surface area contributed by atoms with E-state index in [1.165, 1.54) is 5.56 Å². The van der Waals surface area contributed by atoms with Crippen LogP contribution < -0.4 is 5.32 Å². The molecule has 0 radical (unpaired) electrons. The Morgan fingerprint density at radius 3 is 2.82 bits per heavy atom. The van der Waals surface area contributed by atoms with E-state index in [0.717, 1.165) is 20.8 Å². The van der Waals surface area contributed by atoms with Crippen LogP contribution in [0.3, 0.4) is 0 Å². The maximum atomic E-state index is 12.3. The molecule has 4 rings (SSSR count). The van der Waals surface area contributed by atoms with Crippen molar-refractivity contribution in [3.05, 3.63) is 48.0 Å². The number of likely N-dealkylation sites (N-methyl/N-ethyl adjacent to an activating group) is 1. The van der Waals surface area contributed by atoms with Crippen molar-refractivity contribution < 1.29 is 14.3 Å².